The second kappa shape index (κ2) is 6.82. The summed E-state index contributed by atoms with van der Waals surface area (Å²) in [6, 6.07) is 3.38. The summed E-state index contributed by atoms with van der Waals surface area (Å²) in [5.41, 5.74) is 1.07. The van der Waals surface area contributed by atoms with Gasteiger partial charge in [-0.05, 0) is 69.6 Å². The first-order chi connectivity index (χ1) is 13.9. The van der Waals surface area contributed by atoms with Crippen LogP contribution in [-0.4, -0.2) is 25.7 Å². The summed E-state index contributed by atoms with van der Waals surface area (Å²) in [6.45, 7) is 3.93. The van der Waals surface area contributed by atoms with Gasteiger partial charge in [0.1, 0.15) is 5.82 Å². The van der Waals surface area contributed by atoms with Crippen molar-refractivity contribution >= 4 is 11.7 Å². The topological polar surface area (TPSA) is 92.7 Å². The van der Waals surface area contributed by atoms with Crippen molar-refractivity contribution in [3.63, 3.8) is 0 Å². The van der Waals surface area contributed by atoms with Crippen LogP contribution >= 0.6 is 0 Å². The Morgan fingerprint density at radius 2 is 1.86 bits per heavy atom. The van der Waals surface area contributed by atoms with E-state index in [1.807, 2.05) is 13.0 Å². The van der Waals surface area contributed by atoms with E-state index in [0.717, 1.165) is 43.5 Å². The molecule has 0 aliphatic heterocycles. The van der Waals surface area contributed by atoms with E-state index in [1.54, 1.807) is 4.68 Å². The molecule has 7 nitrogen and oxygen atoms in total. The van der Waals surface area contributed by atoms with Gasteiger partial charge in [-0.1, -0.05) is 13.3 Å². The standard InChI is InChI=1S/C22H29N5O2/c1-3-4-17-9-19(28)25-21(23-17)27-18(5-13(2)26-27)24-20(29)22-10-14-6-15(11-22)8-16(7-14)12-22/h5,9,14-16H,3-4,6-8,10-12H2,1-2H3,(H,24,29)(H,23,25,28). The second-order valence-electron chi connectivity index (χ2n) is 9.55. The summed E-state index contributed by atoms with van der Waals surface area (Å²) in [4.78, 5) is 32.9. The summed E-state index contributed by atoms with van der Waals surface area (Å²) in [5, 5.41) is 7.65. The molecule has 0 spiro atoms. The molecule has 0 unspecified atom stereocenters. The summed E-state index contributed by atoms with van der Waals surface area (Å²) in [6.07, 6.45) is 8.59. The normalized spacial score (nSPS) is 29.9. The summed E-state index contributed by atoms with van der Waals surface area (Å²) in [5.74, 6) is 3.19. The minimum Gasteiger partial charge on any atom is -0.310 e. The van der Waals surface area contributed by atoms with Crippen LogP contribution < -0.4 is 10.9 Å². The molecule has 2 heterocycles. The molecule has 0 atom stereocenters. The lowest BCUT2D eigenvalue weighted by Crippen LogP contribution is -2.51. The smallest absolute Gasteiger partial charge is 0.252 e. The van der Waals surface area contributed by atoms with E-state index in [-0.39, 0.29) is 16.9 Å². The predicted molar refractivity (Wildman–Crippen MR) is 110 cm³/mol. The molecule has 1 amide bonds. The molecule has 4 bridgehead atoms. The molecule has 4 saturated carbocycles. The third-order valence-corrected chi connectivity index (χ3v) is 7.08. The molecule has 2 aromatic rings. The van der Waals surface area contributed by atoms with Crippen LogP contribution in [-0.2, 0) is 11.2 Å². The van der Waals surface area contributed by atoms with Crippen LogP contribution in [0.3, 0.4) is 0 Å². The van der Waals surface area contributed by atoms with Crippen LogP contribution in [0.2, 0.25) is 0 Å². The number of hydrogen-bond donors (Lipinski definition) is 2. The average molecular weight is 396 g/mol. The molecule has 4 fully saturated rings. The maximum absolute atomic E-state index is 13.5. The van der Waals surface area contributed by atoms with E-state index in [4.69, 9.17) is 0 Å². The SMILES string of the molecule is CCCc1cc(=O)[nH]c(-n2nc(C)cc2NC(=O)C23CC4CC(CC(C4)C2)C3)n1. The number of aromatic amines is 1. The van der Waals surface area contributed by atoms with E-state index in [0.29, 0.717) is 29.5 Å². The molecule has 2 N–H and O–H groups in total. The van der Waals surface area contributed by atoms with Crippen LogP contribution in [0.15, 0.2) is 16.9 Å². The minimum absolute atomic E-state index is 0.116. The molecular formula is C22H29N5O2. The van der Waals surface area contributed by atoms with Crippen molar-refractivity contribution in [2.45, 2.75) is 65.2 Å². The van der Waals surface area contributed by atoms with Crippen LogP contribution in [0.4, 0.5) is 5.82 Å². The van der Waals surface area contributed by atoms with Crippen molar-refractivity contribution in [3.8, 4) is 5.95 Å². The molecule has 29 heavy (non-hydrogen) atoms. The van der Waals surface area contributed by atoms with Crippen molar-refractivity contribution in [3.05, 3.63) is 33.9 Å². The number of carbonyl (C=O) groups excluding carboxylic acids is 1. The maximum atomic E-state index is 13.5. The molecule has 4 aliphatic rings. The lowest BCUT2D eigenvalue weighted by molar-refractivity contribution is -0.140. The summed E-state index contributed by atoms with van der Waals surface area (Å²) < 4.78 is 1.56. The number of nitrogens with one attached hydrogen (secondary N) is 2. The zero-order valence-electron chi connectivity index (χ0n) is 17.2. The fourth-order valence-electron chi connectivity index (χ4n) is 6.37. The maximum Gasteiger partial charge on any atom is 0.252 e. The third kappa shape index (κ3) is 3.30. The fourth-order valence-corrected chi connectivity index (χ4v) is 6.37. The van der Waals surface area contributed by atoms with Gasteiger partial charge in [0, 0.05) is 17.8 Å². The van der Waals surface area contributed by atoms with Gasteiger partial charge in [0.05, 0.1) is 11.1 Å². The largest absolute Gasteiger partial charge is 0.310 e. The first kappa shape index (κ1) is 18.6. The Kier molecular flexibility index (Phi) is 4.37. The van der Waals surface area contributed by atoms with E-state index in [1.165, 1.54) is 25.3 Å². The Morgan fingerprint density at radius 3 is 2.48 bits per heavy atom. The molecule has 6 rings (SSSR count). The molecule has 0 radical (unpaired) electrons. The monoisotopic (exact) mass is 395 g/mol. The third-order valence-electron chi connectivity index (χ3n) is 7.08. The van der Waals surface area contributed by atoms with Gasteiger partial charge in [-0.15, -0.1) is 0 Å². The molecule has 4 aliphatic carbocycles. The number of aryl methyl sites for hydroxylation is 2. The average Bonchev–Trinajstić information content (AvgIpc) is 3.00. The lowest BCUT2D eigenvalue weighted by Gasteiger charge is -2.55. The quantitative estimate of drug-likeness (QED) is 0.812. The van der Waals surface area contributed by atoms with E-state index >= 15 is 0 Å². The first-order valence-electron chi connectivity index (χ1n) is 10.9. The van der Waals surface area contributed by atoms with E-state index in [2.05, 4.69) is 27.3 Å². The molecule has 2 aromatic heterocycles. The Balaban J connectivity index is 1.45. The Bertz CT molecular complexity index is 970. The second-order valence-corrected chi connectivity index (χ2v) is 9.55. The zero-order chi connectivity index (χ0) is 20.2. The van der Waals surface area contributed by atoms with Crippen LogP contribution in [0.25, 0.3) is 5.95 Å². The van der Waals surface area contributed by atoms with Gasteiger partial charge in [-0.25, -0.2) is 4.98 Å². The summed E-state index contributed by atoms with van der Waals surface area (Å²) in [7, 11) is 0. The highest BCUT2D eigenvalue weighted by molar-refractivity contribution is 5.95. The molecule has 7 heteroatoms. The molecule has 0 aromatic carbocycles. The lowest BCUT2D eigenvalue weighted by atomic mass is 9.49. The van der Waals surface area contributed by atoms with Gasteiger partial charge in [-0.3, -0.25) is 14.6 Å². The van der Waals surface area contributed by atoms with Gasteiger partial charge < -0.3 is 5.32 Å². The number of nitrogens with zero attached hydrogens (tertiary/aromatic N) is 3. The highest BCUT2D eigenvalue weighted by atomic mass is 16.2. The fraction of sp³-hybridized carbons (Fsp3) is 0.636. The minimum atomic E-state index is -0.233. The van der Waals surface area contributed by atoms with Crippen molar-refractivity contribution < 1.29 is 4.79 Å². The number of hydrogen-bond acceptors (Lipinski definition) is 4. The number of amides is 1. The summed E-state index contributed by atoms with van der Waals surface area (Å²) >= 11 is 0. The van der Waals surface area contributed by atoms with Gasteiger partial charge in [-0.2, -0.15) is 9.78 Å². The van der Waals surface area contributed by atoms with E-state index < -0.39 is 0 Å². The highest BCUT2D eigenvalue weighted by Crippen LogP contribution is 2.60. The van der Waals surface area contributed by atoms with Crippen molar-refractivity contribution in [2.75, 3.05) is 5.32 Å². The van der Waals surface area contributed by atoms with Crippen LogP contribution in [0.1, 0.15) is 63.3 Å². The number of rotatable bonds is 5. The molecule has 0 saturated heterocycles. The van der Waals surface area contributed by atoms with E-state index in [9.17, 15) is 9.59 Å². The predicted octanol–water partition coefficient (Wildman–Crippen LogP) is 3.37. The number of H-pyrrole nitrogens is 1. The van der Waals surface area contributed by atoms with Crippen LogP contribution in [0.5, 0.6) is 0 Å². The Morgan fingerprint density at radius 1 is 1.21 bits per heavy atom. The molecular weight excluding hydrogens is 366 g/mol. The van der Waals surface area contributed by atoms with Crippen molar-refractivity contribution in [1.29, 1.82) is 0 Å². The number of anilines is 1. The van der Waals surface area contributed by atoms with Crippen molar-refractivity contribution in [1.82, 2.24) is 19.7 Å². The molecule has 154 valence electrons. The number of carbonyl (C=O) groups is 1. The van der Waals surface area contributed by atoms with Gasteiger partial charge in [0.25, 0.3) is 5.56 Å². The van der Waals surface area contributed by atoms with Gasteiger partial charge >= 0.3 is 0 Å². The number of aromatic nitrogens is 4. The van der Waals surface area contributed by atoms with Crippen molar-refractivity contribution in [2.24, 2.45) is 23.2 Å². The first-order valence-corrected chi connectivity index (χ1v) is 10.9. The van der Waals surface area contributed by atoms with Gasteiger partial charge in [0.2, 0.25) is 11.9 Å². The highest BCUT2D eigenvalue weighted by Gasteiger charge is 2.54. The Hall–Kier alpha value is -2.44. The Labute approximate surface area is 170 Å². The van der Waals surface area contributed by atoms with Crippen LogP contribution in [0, 0.1) is 30.1 Å². The zero-order valence-corrected chi connectivity index (χ0v) is 17.2. The van der Waals surface area contributed by atoms with Gasteiger partial charge in [0.15, 0.2) is 0 Å².